The van der Waals surface area contributed by atoms with Gasteiger partial charge in [0.25, 0.3) is 0 Å². The molecule has 0 bridgehead atoms. The summed E-state index contributed by atoms with van der Waals surface area (Å²) in [6.45, 7) is 0.643. The minimum absolute atomic E-state index is 0.643. The zero-order valence-electron chi connectivity index (χ0n) is 11.3. The van der Waals surface area contributed by atoms with Crippen LogP contribution in [0.25, 0.3) is 15.9 Å². The van der Waals surface area contributed by atoms with Crippen LogP contribution in [-0.4, -0.2) is 26.7 Å². The zero-order chi connectivity index (χ0) is 14.2. The molecule has 0 saturated carbocycles. The maximum Gasteiger partial charge on any atom is 0.238 e. The van der Waals surface area contributed by atoms with E-state index in [9.17, 15) is 0 Å². The first-order chi connectivity index (χ1) is 10.3. The van der Waals surface area contributed by atoms with Gasteiger partial charge in [-0.25, -0.2) is 0 Å². The molecule has 0 aliphatic heterocycles. The molecule has 7 heteroatoms. The molecule has 21 heavy (non-hydrogen) atoms. The average Bonchev–Trinajstić information content (AvgIpc) is 3.19. The molecule has 4 aromatic rings. The number of benzene rings is 1. The Kier molecular flexibility index (Phi) is 2.78. The summed E-state index contributed by atoms with van der Waals surface area (Å²) < 4.78 is 7.40. The fourth-order valence-corrected chi connectivity index (χ4v) is 3.10. The standard InChI is InChI=1S/C14H13N5OS/c1-20-13-12(19-4-5-21-14(19)17-13)8-15-10-2-3-11-9(6-10)7-16-18-11/h2-7,15H,8H2,1H3,(H,16,18). The number of hydrogen-bond acceptors (Lipinski definition) is 5. The molecule has 1 aromatic carbocycles. The van der Waals surface area contributed by atoms with E-state index in [-0.39, 0.29) is 0 Å². The van der Waals surface area contributed by atoms with Gasteiger partial charge in [-0.2, -0.15) is 10.1 Å². The molecule has 3 aromatic heterocycles. The molecule has 4 rings (SSSR count). The minimum atomic E-state index is 0.643. The molecule has 0 fully saturated rings. The molecular weight excluding hydrogens is 286 g/mol. The number of thiazole rings is 1. The molecule has 0 amide bonds. The van der Waals surface area contributed by atoms with Gasteiger partial charge >= 0.3 is 0 Å². The smallest absolute Gasteiger partial charge is 0.238 e. The first kappa shape index (κ1) is 12.2. The molecule has 0 radical (unpaired) electrons. The van der Waals surface area contributed by atoms with E-state index in [0.717, 1.165) is 27.2 Å². The highest BCUT2D eigenvalue weighted by molar-refractivity contribution is 7.15. The molecule has 0 unspecified atom stereocenters. The number of rotatable bonds is 4. The Morgan fingerprint density at radius 2 is 2.38 bits per heavy atom. The van der Waals surface area contributed by atoms with Crippen LogP contribution in [0.4, 0.5) is 5.69 Å². The van der Waals surface area contributed by atoms with Gasteiger partial charge in [0, 0.05) is 22.7 Å². The minimum Gasteiger partial charge on any atom is -0.480 e. The Morgan fingerprint density at radius 1 is 1.43 bits per heavy atom. The summed E-state index contributed by atoms with van der Waals surface area (Å²) in [5.74, 6) is 0.665. The summed E-state index contributed by atoms with van der Waals surface area (Å²) in [7, 11) is 1.65. The van der Waals surface area contributed by atoms with Crippen molar-refractivity contribution in [2.24, 2.45) is 0 Å². The van der Waals surface area contributed by atoms with Crippen molar-refractivity contribution in [3.63, 3.8) is 0 Å². The molecule has 0 atom stereocenters. The predicted molar refractivity (Wildman–Crippen MR) is 83.0 cm³/mol. The number of aromatic amines is 1. The summed E-state index contributed by atoms with van der Waals surface area (Å²) in [6.07, 6.45) is 3.82. The van der Waals surface area contributed by atoms with E-state index >= 15 is 0 Å². The monoisotopic (exact) mass is 299 g/mol. The molecule has 0 saturated heterocycles. The number of ether oxygens (including phenoxy) is 1. The van der Waals surface area contributed by atoms with E-state index in [4.69, 9.17) is 4.74 Å². The molecule has 2 N–H and O–H groups in total. The Hall–Kier alpha value is -2.54. The van der Waals surface area contributed by atoms with Crippen LogP contribution in [0.3, 0.4) is 0 Å². The zero-order valence-corrected chi connectivity index (χ0v) is 12.1. The van der Waals surface area contributed by atoms with Crippen molar-refractivity contribution >= 4 is 32.9 Å². The second kappa shape index (κ2) is 4.78. The number of nitrogens with one attached hydrogen (secondary N) is 2. The second-order valence-corrected chi connectivity index (χ2v) is 5.52. The number of aromatic nitrogens is 4. The predicted octanol–water partition coefficient (Wildman–Crippen LogP) is 2.89. The van der Waals surface area contributed by atoms with Crippen LogP contribution in [0, 0.1) is 0 Å². The van der Waals surface area contributed by atoms with Crippen molar-refractivity contribution in [3.8, 4) is 5.88 Å². The maximum absolute atomic E-state index is 5.35. The highest BCUT2D eigenvalue weighted by Gasteiger charge is 2.13. The Bertz CT molecular complexity index is 906. The third-order valence-corrected chi connectivity index (χ3v) is 4.17. The van der Waals surface area contributed by atoms with Gasteiger partial charge in [0.15, 0.2) is 4.96 Å². The lowest BCUT2D eigenvalue weighted by Crippen LogP contribution is -2.03. The van der Waals surface area contributed by atoms with Gasteiger partial charge in [0.2, 0.25) is 5.88 Å². The van der Waals surface area contributed by atoms with E-state index < -0.39 is 0 Å². The van der Waals surface area contributed by atoms with E-state index in [1.54, 1.807) is 18.4 Å². The van der Waals surface area contributed by atoms with Crippen molar-refractivity contribution in [3.05, 3.63) is 41.7 Å². The fourth-order valence-electron chi connectivity index (χ4n) is 2.38. The quantitative estimate of drug-likeness (QED) is 0.608. The average molecular weight is 299 g/mol. The van der Waals surface area contributed by atoms with Crippen LogP contribution in [-0.2, 0) is 6.54 Å². The van der Waals surface area contributed by atoms with Crippen LogP contribution in [0.2, 0.25) is 0 Å². The topological polar surface area (TPSA) is 67.2 Å². The molecule has 106 valence electrons. The van der Waals surface area contributed by atoms with Crippen molar-refractivity contribution < 1.29 is 4.74 Å². The summed E-state index contributed by atoms with van der Waals surface area (Å²) in [6, 6.07) is 6.11. The summed E-state index contributed by atoms with van der Waals surface area (Å²) in [4.78, 5) is 5.39. The molecule has 0 spiro atoms. The molecule has 6 nitrogen and oxygen atoms in total. The SMILES string of the molecule is COc1nc2sccn2c1CNc1ccc2[nH]ncc2c1. The van der Waals surface area contributed by atoms with E-state index in [0.29, 0.717) is 12.4 Å². The number of imidazole rings is 1. The Morgan fingerprint density at radius 3 is 3.29 bits per heavy atom. The van der Waals surface area contributed by atoms with Gasteiger partial charge in [0.1, 0.15) is 5.69 Å². The van der Waals surface area contributed by atoms with Crippen molar-refractivity contribution in [2.45, 2.75) is 6.54 Å². The summed E-state index contributed by atoms with van der Waals surface area (Å²) >= 11 is 1.59. The Balaban J connectivity index is 1.63. The molecule has 0 aliphatic rings. The van der Waals surface area contributed by atoms with Crippen LogP contribution in [0.5, 0.6) is 5.88 Å². The van der Waals surface area contributed by atoms with Crippen LogP contribution in [0.1, 0.15) is 5.69 Å². The second-order valence-electron chi connectivity index (χ2n) is 4.65. The van der Waals surface area contributed by atoms with Crippen LogP contribution < -0.4 is 10.1 Å². The van der Waals surface area contributed by atoms with Crippen molar-refractivity contribution in [1.82, 2.24) is 19.6 Å². The van der Waals surface area contributed by atoms with Gasteiger partial charge in [-0.05, 0) is 18.2 Å². The highest BCUT2D eigenvalue weighted by Crippen LogP contribution is 2.24. The highest BCUT2D eigenvalue weighted by atomic mass is 32.1. The van der Waals surface area contributed by atoms with Gasteiger partial charge in [-0.1, -0.05) is 0 Å². The first-order valence-electron chi connectivity index (χ1n) is 6.50. The maximum atomic E-state index is 5.35. The number of H-pyrrole nitrogens is 1. The number of methoxy groups -OCH3 is 1. The number of anilines is 1. The number of hydrogen-bond donors (Lipinski definition) is 2. The van der Waals surface area contributed by atoms with E-state index in [2.05, 4.69) is 26.6 Å². The van der Waals surface area contributed by atoms with Gasteiger partial charge in [0.05, 0.1) is 25.4 Å². The molecule has 3 heterocycles. The van der Waals surface area contributed by atoms with Crippen molar-refractivity contribution in [1.29, 1.82) is 0 Å². The lowest BCUT2D eigenvalue weighted by Gasteiger charge is -2.07. The van der Waals surface area contributed by atoms with Gasteiger partial charge in [-0.3, -0.25) is 9.50 Å². The fraction of sp³-hybridized carbons (Fsp3) is 0.143. The van der Waals surface area contributed by atoms with Crippen molar-refractivity contribution in [2.75, 3.05) is 12.4 Å². The lowest BCUT2D eigenvalue weighted by atomic mass is 10.2. The normalized spacial score (nSPS) is 11.3. The largest absolute Gasteiger partial charge is 0.480 e. The molecular formula is C14H13N5OS. The number of nitrogens with zero attached hydrogens (tertiary/aromatic N) is 3. The first-order valence-corrected chi connectivity index (χ1v) is 7.38. The summed E-state index contributed by atoms with van der Waals surface area (Å²) in [5, 5.41) is 13.5. The van der Waals surface area contributed by atoms with Gasteiger partial charge in [-0.15, -0.1) is 11.3 Å². The third kappa shape index (κ3) is 2.02. The summed E-state index contributed by atoms with van der Waals surface area (Å²) in [5.41, 5.74) is 3.08. The Labute approximate surface area is 124 Å². The van der Waals surface area contributed by atoms with E-state index in [1.807, 2.05) is 34.3 Å². The number of fused-ring (bicyclic) bond motifs is 2. The third-order valence-electron chi connectivity index (χ3n) is 3.42. The molecule has 0 aliphatic carbocycles. The van der Waals surface area contributed by atoms with Crippen LogP contribution in [0.15, 0.2) is 36.0 Å². The van der Waals surface area contributed by atoms with Crippen LogP contribution >= 0.6 is 11.3 Å². The van der Waals surface area contributed by atoms with Gasteiger partial charge < -0.3 is 10.1 Å². The lowest BCUT2D eigenvalue weighted by molar-refractivity contribution is 0.395. The van der Waals surface area contributed by atoms with E-state index in [1.165, 1.54) is 0 Å².